The van der Waals surface area contributed by atoms with Crippen molar-refractivity contribution in [2.24, 2.45) is 0 Å². The van der Waals surface area contributed by atoms with Crippen molar-refractivity contribution in [3.05, 3.63) is 89.6 Å². The van der Waals surface area contributed by atoms with E-state index in [0.29, 0.717) is 13.1 Å². The first-order valence-electron chi connectivity index (χ1n) is 8.85. The number of furan rings is 1. The molecule has 0 atom stereocenters. The van der Waals surface area contributed by atoms with Gasteiger partial charge in [0, 0.05) is 17.6 Å². The molecule has 0 saturated heterocycles. The van der Waals surface area contributed by atoms with Crippen LogP contribution in [0.4, 0.5) is 15.9 Å². The van der Waals surface area contributed by atoms with E-state index in [4.69, 9.17) is 4.42 Å². The second-order valence-corrected chi connectivity index (χ2v) is 6.41. The molecule has 2 aromatic heterocycles. The monoisotopic (exact) mass is 361 g/mol. The first-order chi connectivity index (χ1) is 13.2. The van der Waals surface area contributed by atoms with Gasteiger partial charge in [0.05, 0.1) is 12.1 Å². The number of benzene rings is 2. The SMILES string of the molecule is Cc1ccc(CNc2ccc3c(NCc4ccc(F)cc4)cccc3n2)o1. The maximum Gasteiger partial charge on any atom is 0.127 e. The standard InChI is InChI=1S/C22H20FN3O/c1-15-5-10-18(27-15)14-25-22-12-11-19-20(3-2-4-21(19)26-22)24-13-16-6-8-17(23)9-7-16/h2-12,24H,13-14H2,1H3,(H,25,26). The molecule has 2 heterocycles. The van der Waals surface area contributed by atoms with Crippen LogP contribution in [0.2, 0.25) is 0 Å². The highest BCUT2D eigenvalue weighted by atomic mass is 19.1. The summed E-state index contributed by atoms with van der Waals surface area (Å²) in [6.45, 7) is 3.14. The summed E-state index contributed by atoms with van der Waals surface area (Å²) in [7, 11) is 0. The predicted molar refractivity (Wildman–Crippen MR) is 106 cm³/mol. The van der Waals surface area contributed by atoms with E-state index in [9.17, 15) is 4.39 Å². The summed E-state index contributed by atoms with van der Waals surface area (Å²) >= 11 is 0. The van der Waals surface area contributed by atoms with E-state index in [2.05, 4.69) is 15.6 Å². The fraction of sp³-hybridized carbons (Fsp3) is 0.136. The molecule has 5 heteroatoms. The van der Waals surface area contributed by atoms with Crippen molar-refractivity contribution in [2.45, 2.75) is 20.0 Å². The van der Waals surface area contributed by atoms with Crippen molar-refractivity contribution in [1.29, 1.82) is 0 Å². The molecule has 0 amide bonds. The number of hydrogen-bond donors (Lipinski definition) is 2. The minimum Gasteiger partial charge on any atom is -0.465 e. The highest BCUT2D eigenvalue weighted by Crippen LogP contribution is 2.24. The Morgan fingerprint density at radius 2 is 1.74 bits per heavy atom. The van der Waals surface area contributed by atoms with Gasteiger partial charge in [-0.2, -0.15) is 0 Å². The lowest BCUT2D eigenvalue weighted by Crippen LogP contribution is -2.02. The molecule has 0 aliphatic rings. The molecule has 4 nitrogen and oxygen atoms in total. The normalized spacial score (nSPS) is 10.9. The molecule has 0 bridgehead atoms. The molecule has 0 fully saturated rings. The van der Waals surface area contributed by atoms with Gasteiger partial charge in [-0.15, -0.1) is 0 Å². The van der Waals surface area contributed by atoms with Gasteiger partial charge in [0.15, 0.2) is 0 Å². The van der Waals surface area contributed by atoms with Crippen molar-refractivity contribution in [3.8, 4) is 0 Å². The van der Waals surface area contributed by atoms with Crippen molar-refractivity contribution < 1.29 is 8.81 Å². The van der Waals surface area contributed by atoms with Gasteiger partial charge in [-0.25, -0.2) is 9.37 Å². The van der Waals surface area contributed by atoms with Crippen LogP contribution in [0.25, 0.3) is 10.9 Å². The second kappa shape index (κ2) is 7.50. The molecule has 0 unspecified atom stereocenters. The molecule has 4 aromatic rings. The van der Waals surface area contributed by atoms with Crippen molar-refractivity contribution in [2.75, 3.05) is 10.6 Å². The number of nitrogens with zero attached hydrogens (tertiary/aromatic N) is 1. The van der Waals surface area contributed by atoms with Crippen molar-refractivity contribution >= 4 is 22.4 Å². The van der Waals surface area contributed by atoms with E-state index in [1.807, 2.05) is 49.4 Å². The van der Waals surface area contributed by atoms with Crippen LogP contribution in [0.1, 0.15) is 17.1 Å². The summed E-state index contributed by atoms with van der Waals surface area (Å²) in [6.07, 6.45) is 0. The Labute approximate surface area is 157 Å². The van der Waals surface area contributed by atoms with Gasteiger partial charge in [0.1, 0.15) is 23.2 Å². The largest absolute Gasteiger partial charge is 0.465 e. The number of pyridine rings is 1. The van der Waals surface area contributed by atoms with Gasteiger partial charge in [-0.3, -0.25) is 0 Å². The molecule has 27 heavy (non-hydrogen) atoms. The van der Waals surface area contributed by atoms with Crippen molar-refractivity contribution in [3.63, 3.8) is 0 Å². The molecular weight excluding hydrogens is 341 g/mol. The molecule has 4 rings (SSSR count). The topological polar surface area (TPSA) is 50.1 Å². The van der Waals surface area contributed by atoms with Gasteiger partial charge >= 0.3 is 0 Å². The molecule has 0 aliphatic heterocycles. The van der Waals surface area contributed by atoms with Gasteiger partial charge in [0.2, 0.25) is 0 Å². The minimum absolute atomic E-state index is 0.224. The summed E-state index contributed by atoms with van der Waals surface area (Å²) in [5, 5.41) is 7.73. The fourth-order valence-corrected chi connectivity index (χ4v) is 2.96. The lowest BCUT2D eigenvalue weighted by atomic mass is 10.1. The van der Waals surface area contributed by atoms with Gasteiger partial charge in [0.25, 0.3) is 0 Å². The Hall–Kier alpha value is -3.34. The molecule has 2 aromatic carbocycles. The third-order valence-corrected chi connectivity index (χ3v) is 4.37. The van der Waals surface area contributed by atoms with Crippen LogP contribution in [0.5, 0.6) is 0 Å². The van der Waals surface area contributed by atoms with E-state index in [0.717, 1.165) is 39.5 Å². The van der Waals surface area contributed by atoms with E-state index in [-0.39, 0.29) is 5.82 Å². The van der Waals surface area contributed by atoms with Crippen LogP contribution in [-0.4, -0.2) is 4.98 Å². The van der Waals surface area contributed by atoms with Crippen molar-refractivity contribution in [1.82, 2.24) is 4.98 Å². The van der Waals surface area contributed by atoms with Gasteiger partial charge in [-0.05, 0) is 61.0 Å². The highest BCUT2D eigenvalue weighted by molar-refractivity contribution is 5.92. The molecule has 136 valence electrons. The summed E-state index contributed by atoms with van der Waals surface area (Å²) in [5.41, 5.74) is 2.92. The lowest BCUT2D eigenvalue weighted by molar-refractivity contribution is 0.490. The number of aromatic nitrogens is 1. The summed E-state index contributed by atoms with van der Waals surface area (Å²) in [6, 6.07) is 20.4. The number of rotatable bonds is 6. The van der Waals surface area contributed by atoms with Crippen LogP contribution >= 0.6 is 0 Å². The Bertz CT molecular complexity index is 1060. The summed E-state index contributed by atoms with van der Waals surface area (Å²) in [4.78, 5) is 4.68. The van der Waals surface area contributed by atoms with Crippen LogP contribution in [0, 0.1) is 12.7 Å². The Kier molecular flexibility index (Phi) is 4.75. The average molecular weight is 361 g/mol. The van der Waals surface area contributed by atoms with Crippen LogP contribution in [0.3, 0.4) is 0 Å². The van der Waals surface area contributed by atoms with E-state index in [1.54, 1.807) is 12.1 Å². The van der Waals surface area contributed by atoms with Crippen LogP contribution < -0.4 is 10.6 Å². The fourth-order valence-electron chi connectivity index (χ4n) is 2.96. The second-order valence-electron chi connectivity index (χ2n) is 6.41. The van der Waals surface area contributed by atoms with Crippen LogP contribution in [0.15, 0.2) is 71.1 Å². The van der Waals surface area contributed by atoms with E-state index in [1.165, 1.54) is 12.1 Å². The number of halogens is 1. The van der Waals surface area contributed by atoms with E-state index >= 15 is 0 Å². The minimum atomic E-state index is -0.224. The predicted octanol–water partition coefficient (Wildman–Crippen LogP) is 5.50. The third kappa shape index (κ3) is 4.08. The first kappa shape index (κ1) is 17.1. The Morgan fingerprint density at radius 1 is 0.889 bits per heavy atom. The lowest BCUT2D eigenvalue weighted by Gasteiger charge is -2.11. The first-order valence-corrected chi connectivity index (χ1v) is 8.85. The summed E-state index contributed by atoms with van der Waals surface area (Å²) in [5.74, 6) is 2.35. The smallest absolute Gasteiger partial charge is 0.127 e. The zero-order chi connectivity index (χ0) is 18.6. The number of aryl methyl sites for hydroxylation is 1. The maximum absolute atomic E-state index is 13.0. The molecule has 2 N–H and O–H groups in total. The Balaban J connectivity index is 1.48. The average Bonchev–Trinajstić information content (AvgIpc) is 3.11. The van der Waals surface area contributed by atoms with E-state index < -0.39 is 0 Å². The third-order valence-electron chi connectivity index (χ3n) is 4.37. The molecule has 0 saturated carbocycles. The zero-order valence-electron chi connectivity index (χ0n) is 15.0. The highest BCUT2D eigenvalue weighted by Gasteiger charge is 2.05. The molecular formula is C22H20FN3O. The number of fused-ring (bicyclic) bond motifs is 1. The molecule has 0 spiro atoms. The zero-order valence-corrected chi connectivity index (χ0v) is 15.0. The molecule has 0 aliphatic carbocycles. The molecule has 0 radical (unpaired) electrons. The van der Waals surface area contributed by atoms with Gasteiger partial charge in [-0.1, -0.05) is 18.2 Å². The number of anilines is 2. The summed E-state index contributed by atoms with van der Waals surface area (Å²) < 4.78 is 18.6. The quantitative estimate of drug-likeness (QED) is 0.476. The Morgan fingerprint density at radius 3 is 2.52 bits per heavy atom. The number of hydrogen-bond acceptors (Lipinski definition) is 4. The number of nitrogens with one attached hydrogen (secondary N) is 2. The maximum atomic E-state index is 13.0. The van der Waals surface area contributed by atoms with Gasteiger partial charge < -0.3 is 15.1 Å². The van der Waals surface area contributed by atoms with Crippen LogP contribution in [-0.2, 0) is 13.1 Å².